The van der Waals surface area contributed by atoms with Crippen LogP contribution >= 0.6 is 49.9 Å². The maximum absolute atomic E-state index is 4.66. The highest BCUT2D eigenvalue weighted by Gasteiger charge is 2.06. The minimum atomic E-state index is 1.06. The van der Waals surface area contributed by atoms with Crippen molar-refractivity contribution in [3.63, 3.8) is 0 Å². The molecule has 0 saturated heterocycles. The molecule has 1 aromatic heterocycles. The summed E-state index contributed by atoms with van der Waals surface area (Å²) in [5, 5.41) is 1.08. The predicted molar refractivity (Wildman–Crippen MR) is 85.5 cm³/mol. The number of benzene rings is 2. The van der Waals surface area contributed by atoms with Gasteiger partial charge in [-0.1, -0.05) is 28.1 Å². The first-order valence-corrected chi connectivity index (χ1v) is 7.73. The predicted octanol–water partition coefficient (Wildman–Crippen LogP) is 5.33. The summed E-state index contributed by atoms with van der Waals surface area (Å²) in [7, 11) is 0. The fourth-order valence-electron chi connectivity index (χ4n) is 1.64. The lowest BCUT2D eigenvalue weighted by Crippen LogP contribution is -1.76. The number of thiazole rings is 1. The molecule has 1 heterocycles. The van der Waals surface area contributed by atoms with Crippen molar-refractivity contribution >= 4 is 60.1 Å². The first-order valence-electron chi connectivity index (χ1n) is 5.04. The summed E-state index contributed by atoms with van der Waals surface area (Å²) in [6, 6.07) is 14.6. The molecule has 0 unspecified atom stereocenters. The topological polar surface area (TPSA) is 12.9 Å². The highest BCUT2D eigenvalue weighted by molar-refractivity contribution is 14.1. The van der Waals surface area contributed by atoms with Gasteiger partial charge in [0.1, 0.15) is 5.01 Å². The average molecular weight is 416 g/mol. The van der Waals surface area contributed by atoms with Crippen molar-refractivity contribution in [2.75, 3.05) is 0 Å². The second-order valence-electron chi connectivity index (χ2n) is 3.64. The Hall–Kier alpha value is -0.460. The van der Waals surface area contributed by atoms with Gasteiger partial charge < -0.3 is 0 Å². The molecule has 1 nitrogen and oxygen atoms in total. The minimum Gasteiger partial charge on any atom is -0.236 e. The van der Waals surface area contributed by atoms with Crippen LogP contribution in [0.15, 0.2) is 46.9 Å². The highest BCUT2D eigenvalue weighted by Crippen LogP contribution is 2.32. The lowest BCUT2D eigenvalue weighted by Gasteiger charge is -1.95. The first-order chi connectivity index (χ1) is 8.22. The van der Waals surface area contributed by atoms with Gasteiger partial charge in [-0.15, -0.1) is 11.3 Å². The maximum Gasteiger partial charge on any atom is 0.124 e. The Morgan fingerprint density at radius 2 is 2.00 bits per heavy atom. The van der Waals surface area contributed by atoms with Gasteiger partial charge >= 0.3 is 0 Å². The molecule has 84 valence electrons. The molecule has 0 aliphatic rings. The van der Waals surface area contributed by atoms with E-state index in [0.717, 1.165) is 15.0 Å². The summed E-state index contributed by atoms with van der Waals surface area (Å²) in [5.41, 5.74) is 2.25. The third kappa shape index (κ3) is 2.39. The van der Waals surface area contributed by atoms with E-state index in [0.29, 0.717) is 0 Å². The van der Waals surface area contributed by atoms with E-state index in [1.165, 1.54) is 13.8 Å². The molecule has 0 aliphatic heterocycles. The number of aromatic nitrogens is 1. The molecular weight excluding hydrogens is 409 g/mol. The van der Waals surface area contributed by atoms with E-state index in [4.69, 9.17) is 0 Å². The Morgan fingerprint density at radius 3 is 2.82 bits per heavy atom. The normalized spacial score (nSPS) is 10.9. The Labute approximate surface area is 125 Å². The van der Waals surface area contributed by atoms with E-state index in [2.05, 4.69) is 73.8 Å². The van der Waals surface area contributed by atoms with Gasteiger partial charge in [0.2, 0.25) is 0 Å². The van der Waals surface area contributed by atoms with Crippen molar-refractivity contribution in [3.8, 4) is 10.6 Å². The summed E-state index contributed by atoms with van der Waals surface area (Å²) < 4.78 is 3.55. The van der Waals surface area contributed by atoms with Crippen LogP contribution in [0.1, 0.15) is 0 Å². The van der Waals surface area contributed by atoms with Crippen LogP contribution in [0, 0.1) is 3.57 Å². The fourth-order valence-corrected chi connectivity index (χ4v) is 3.70. The first kappa shape index (κ1) is 11.6. The lowest BCUT2D eigenvalue weighted by atomic mass is 10.2. The SMILES string of the molecule is Brc1ccc2nc(-c3cccc(I)c3)sc2c1. The maximum atomic E-state index is 4.66. The van der Waals surface area contributed by atoms with Gasteiger partial charge in [-0.25, -0.2) is 4.98 Å². The Morgan fingerprint density at radius 1 is 1.12 bits per heavy atom. The molecule has 0 saturated carbocycles. The molecule has 3 aromatic rings. The van der Waals surface area contributed by atoms with E-state index < -0.39 is 0 Å². The van der Waals surface area contributed by atoms with Gasteiger partial charge in [0.05, 0.1) is 10.2 Å². The summed E-state index contributed by atoms with van der Waals surface area (Å²) in [6.07, 6.45) is 0. The van der Waals surface area contributed by atoms with Gasteiger partial charge in [0.15, 0.2) is 0 Å². The molecule has 0 aliphatic carbocycles. The van der Waals surface area contributed by atoms with Gasteiger partial charge in [0, 0.05) is 13.6 Å². The Balaban J connectivity index is 2.18. The number of rotatable bonds is 1. The summed E-state index contributed by atoms with van der Waals surface area (Å²) in [4.78, 5) is 4.66. The van der Waals surface area contributed by atoms with Crippen LogP contribution in [0.4, 0.5) is 0 Å². The summed E-state index contributed by atoms with van der Waals surface area (Å²) in [6.45, 7) is 0. The lowest BCUT2D eigenvalue weighted by molar-refractivity contribution is 1.47. The second kappa shape index (κ2) is 4.66. The van der Waals surface area contributed by atoms with Crippen LogP contribution < -0.4 is 0 Å². The van der Waals surface area contributed by atoms with Gasteiger partial charge in [0.25, 0.3) is 0 Å². The van der Waals surface area contributed by atoms with Crippen molar-refractivity contribution < 1.29 is 0 Å². The zero-order valence-electron chi connectivity index (χ0n) is 8.65. The van der Waals surface area contributed by atoms with Gasteiger partial charge in [-0.05, 0) is 52.9 Å². The van der Waals surface area contributed by atoms with Crippen LogP contribution in [0.25, 0.3) is 20.8 Å². The van der Waals surface area contributed by atoms with Crippen LogP contribution in [0.2, 0.25) is 0 Å². The molecule has 0 atom stereocenters. The summed E-state index contributed by atoms with van der Waals surface area (Å²) >= 11 is 7.54. The number of fused-ring (bicyclic) bond motifs is 1. The van der Waals surface area contributed by atoms with E-state index in [1.807, 2.05) is 12.1 Å². The Bertz CT molecular complexity index is 693. The Kier molecular flexibility index (Phi) is 3.19. The largest absolute Gasteiger partial charge is 0.236 e. The van der Waals surface area contributed by atoms with Crippen molar-refractivity contribution in [2.24, 2.45) is 0 Å². The van der Waals surface area contributed by atoms with E-state index in [9.17, 15) is 0 Å². The van der Waals surface area contributed by atoms with Crippen LogP contribution in [0.5, 0.6) is 0 Å². The zero-order valence-corrected chi connectivity index (χ0v) is 13.2. The smallest absolute Gasteiger partial charge is 0.124 e. The molecule has 17 heavy (non-hydrogen) atoms. The van der Waals surface area contributed by atoms with Gasteiger partial charge in [-0.2, -0.15) is 0 Å². The quantitative estimate of drug-likeness (QED) is 0.489. The van der Waals surface area contributed by atoms with Crippen molar-refractivity contribution in [3.05, 3.63) is 50.5 Å². The number of hydrogen-bond acceptors (Lipinski definition) is 2. The molecule has 3 rings (SSSR count). The third-order valence-corrected chi connectivity index (χ3v) is 4.65. The monoisotopic (exact) mass is 415 g/mol. The molecule has 2 aromatic carbocycles. The van der Waals surface area contributed by atoms with E-state index in [-0.39, 0.29) is 0 Å². The van der Waals surface area contributed by atoms with Crippen molar-refractivity contribution in [1.29, 1.82) is 0 Å². The zero-order chi connectivity index (χ0) is 11.8. The van der Waals surface area contributed by atoms with Gasteiger partial charge in [-0.3, -0.25) is 0 Å². The standard InChI is InChI=1S/C13H7BrINS/c14-9-4-5-11-12(7-9)17-13(16-11)8-2-1-3-10(15)6-8/h1-7H. The molecule has 0 fully saturated rings. The molecule has 0 bridgehead atoms. The van der Waals surface area contributed by atoms with Crippen molar-refractivity contribution in [2.45, 2.75) is 0 Å². The third-order valence-electron chi connectivity index (χ3n) is 2.42. The molecule has 0 N–H and O–H groups in total. The number of hydrogen-bond donors (Lipinski definition) is 0. The van der Waals surface area contributed by atoms with Crippen LogP contribution in [-0.4, -0.2) is 4.98 Å². The average Bonchev–Trinajstić information content (AvgIpc) is 2.72. The van der Waals surface area contributed by atoms with Crippen molar-refractivity contribution in [1.82, 2.24) is 4.98 Å². The summed E-state index contributed by atoms with van der Waals surface area (Å²) in [5.74, 6) is 0. The number of halogens is 2. The molecule has 0 radical (unpaired) electrons. The molecule has 4 heteroatoms. The molecular formula is C13H7BrINS. The van der Waals surface area contributed by atoms with E-state index in [1.54, 1.807) is 11.3 Å². The van der Waals surface area contributed by atoms with Crippen LogP contribution in [0.3, 0.4) is 0 Å². The second-order valence-corrected chi connectivity index (χ2v) is 6.83. The van der Waals surface area contributed by atoms with E-state index >= 15 is 0 Å². The molecule has 0 amide bonds. The highest BCUT2D eigenvalue weighted by atomic mass is 127. The van der Waals surface area contributed by atoms with Crippen LogP contribution in [-0.2, 0) is 0 Å². The number of nitrogens with zero attached hydrogens (tertiary/aromatic N) is 1. The minimum absolute atomic E-state index is 1.06. The molecule has 0 spiro atoms. The fraction of sp³-hybridized carbons (Fsp3) is 0.